The van der Waals surface area contributed by atoms with Gasteiger partial charge in [0.15, 0.2) is 0 Å². The van der Waals surface area contributed by atoms with Gasteiger partial charge in [-0.2, -0.15) is 13.2 Å². The standard InChI is InChI=1S/C18H23BrF3N3O3/c1-17(2,3)28-16(26)25-6-7-27-13-4-5-24(10-12(13)25)15-9-11(18(20,21)22)8-14(19)23-15/h8-9,12-13H,4-7,10H2,1-3H3. The monoisotopic (exact) mass is 465 g/mol. The second-order valence-corrected chi connectivity index (χ2v) is 8.73. The van der Waals surface area contributed by atoms with E-state index < -0.39 is 23.4 Å². The minimum Gasteiger partial charge on any atom is -0.444 e. The van der Waals surface area contributed by atoms with E-state index in [4.69, 9.17) is 9.47 Å². The first-order valence-corrected chi connectivity index (χ1v) is 9.84. The Morgan fingerprint density at radius 2 is 2.00 bits per heavy atom. The number of ether oxygens (including phenoxy) is 2. The molecule has 2 aliphatic rings. The van der Waals surface area contributed by atoms with Crippen LogP contribution in [0.4, 0.5) is 23.8 Å². The van der Waals surface area contributed by atoms with Crippen molar-refractivity contribution in [3.63, 3.8) is 0 Å². The molecule has 3 heterocycles. The summed E-state index contributed by atoms with van der Waals surface area (Å²) in [5.41, 5.74) is -1.40. The van der Waals surface area contributed by atoms with Gasteiger partial charge in [0.25, 0.3) is 0 Å². The molecule has 156 valence electrons. The number of hydrogen-bond donors (Lipinski definition) is 0. The molecule has 0 saturated carbocycles. The lowest BCUT2D eigenvalue weighted by molar-refractivity contribution is -0.137. The Morgan fingerprint density at radius 1 is 1.29 bits per heavy atom. The Bertz CT molecular complexity index is 739. The zero-order valence-electron chi connectivity index (χ0n) is 15.9. The van der Waals surface area contributed by atoms with Gasteiger partial charge < -0.3 is 14.4 Å². The van der Waals surface area contributed by atoms with Crippen LogP contribution in [0.15, 0.2) is 16.7 Å². The van der Waals surface area contributed by atoms with Gasteiger partial charge in [-0.25, -0.2) is 9.78 Å². The lowest BCUT2D eigenvalue weighted by Crippen LogP contribution is -2.62. The summed E-state index contributed by atoms with van der Waals surface area (Å²) in [6.07, 6.45) is -4.49. The molecule has 0 radical (unpaired) electrons. The largest absolute Gasteiger partial charge is 0.444 e. The summed E-state index contributed by atoms with van der Waals surface area (Å²) < 4.78 is 50.9. The minimum atomic E-state index is -4.46. The molecule has 2 saturated heterocycles. The zero-order valence-corrected chi connectivity index (χ0v) is 17.5. The van der Waals surface area contributed by atoms with Crippen LogP contribution in [0.1, 0.15) is 32.8 Å². The summed E-state index contributed by atoms with van der Waals surface area (Å²) in [4.78, 5) is 20.2. The molecule has 0 aliphatic carbocycles. The number of nitrogens with zero attached hydrogens (tertiary/aromatic N) is 3. The summed E-state index contributed by atoms with van der Waals surface area (Å²) in [5, 5.41) is 0. The molecule has 2 fully saturated rings. The van der Waals surface area contributed by atoms with Crippen LogP contribution in [0.3, 0.4) is 0 Å². The fraction of sp³-hybridized carbons (Fsp3) is 0.667. The summed E-state index contributed by atoms with van der Waals surface area (Å²) in [5.74, 6) is 0.217. The predicted molar refractivity (Wildman–Crippen MR) is 100 cm³/mol. The lowest BCUT2D eigenvalue weighted by atomic mass is 9.99. The Balaban J connectivity index is 1.82. The molecule has 1 amide bonds. The van der Waals surface area contributed by atoms with E-state index in [9.17, 15) is 18.0 Å². The van der Waals surface area contributed by atoms with Crippen molar-refractivity contribution in [1.29, 1.82) is 0 Å². The first-order chi connectivity index (χ1) is 12.9. The fourth-order valence-corrected chi connectivity index (χ4v) is 3.86. The smallest absolute Gasteiger partial charge is 0.416 e. The molecule has 0 aromatic carbocycles. The highest BCUT2D eigenvalue weighted by molar-refractivity contribution is 9.10. The number of pyridine rings is 1. The van der Waals surface area contributed by atoms with Crippen molar-refractivity contribution in [3.05, 3.63) is 22.3 Å². The molecule has 6 nitrogen and oxygen atoms in total. The van der Waals surface area contributed by atoms with Crippen LogP contribution in [0.2, 0.25) is 0 Å². The average molecular weight is 466 g/mol. The van der Waals surface area contributed by atoms with E-state index in [0.717, 1.165) is 12.1 Å². The van der Waals surface area contributed by atoms with Crippen LogP contribution in [0.5, 0.6) is 0 Å². The molecule has 0 spiro atoms. The molecule has 1 aromatic rings. The summed E-state index contributed by atoms with van der Waals surface area (Å²) in [6, 6.07) is 1.67. The van der Waals surface area contributed by atoms with E-state index in [1.165, 1.54) is 0 Å². The van der Waals surface area contributed by atoms with Crippen LogP contribution >= 0.6 is 15.9 Å². The van der Waals surface area contributed by atoms with Crippen molar-refractivity contribution in [1.82, 2.24) is 9.88 Å². The third-order valence-electron chi connectivity index (χ3n) is 4.64. The number of carbonyl (C=O) groups is 1. The number of piperidine rings is 1. The molecule has 2 atom stereocenters. The SMILES string of the molecule is CC(C)(C)OC(=O)N1CCOC2CCN(c3cc(C(F)(F)F)cc(Br)n3)CC21. The van der Waals surface area contributed by atoms with E-state index in [0.29, 0.717) is 32.7 Å². The maximum absolute atomic E-state index is 13.2. The second kappa shape index (κ2) is 7.70. The summed E-state index contributed by atoms with van der Waals surface area (Å²) in [6.45, 7) is 6.98. The van der Waals surface area contributed by atoms with E-state index >= 15 is 0 Å². The van der Waals surface area contributed by atoms with Crippen molar-refractivity contribution < 1.29 is 27.4 Å². The van der Waals surface area contributed by atoms with Gasteiger partial charge in [-0.15, -0.1) is 0 Å². The molecule has 0 N–H and O–H groups in total. The number of alkyl halides is 3. The van der Waals surface area contributed by atoms with Crippen molar-refractivity contribution in [2.24, 2.45) is 0 Å². The number of halogens is 4. The van der Waals surface area contributed by atoms with Crippen molar-refractivity contribution in [3.8, 4) is 0 Å². The number of carbonyl (C=O) groups excluding carboxylic acids is 1. The number of amides is 1. The number of morpholine rings is 1. The quantitative estimate of drug-likeness (QED) is 0.585. The van der Waals surface area contributed by atoms with Crippen molar-refractivity contribution >= 4 is 27.8 Å². The molecule has 0 bridgehead atoms. The van der Waals surface area contributed by atoms with Crippen LogP contribution in [0.25, 0.3) is 0 Å². The molecule has 3 rings (SSSR count). The van der Waals surface area contributed by atoms with Gasteiger partial charge in [-0.3, -0.25) is 4.90 Å². The minimum absolute atomic E-state index is 0.114. The van der Waals surface area contributed by atoms with Gasteiger partial charge in [-0.1, -0.05) is 0 Å². The topological polar surface area (TPSA) is 54.9 Å². The Hall–Kier alpha value is -1.55. The zero-order chi connectivity index (χ0) is 20.7. The highest BCUT2D eigenvalue weighted by atomic mass is 79.9. The number of hydrogen-bond acceptors (Lipinski definition) is 5. The second-order valence-electron chi connectivity index (χ2n) is 7.92. The number of anilines is 1. The molecule has 1 aromatic heterocycles. The van der Waals surface area contributed by atoms with E-state index in [1.807, 2.05) is 0 Å². The normalized spacial score (nSPS) is 23.4. The number of rotatable bonds is 1. The molecule has 2 aliphatic heterocycles. The maximum Gasteiger partial charge on any atom is 0.416 e. The molecule has 10 heteroatoms. The third kappa shape index (κ3) is 4.89. The van der Waals surface area contributed by atoms with E-state index in [-0.39, 0.29) is 22.6 Å². The lowest BCUT2D eigenvalue weighted by Gasteiger charge is -2.47. The third-order valence-corrected chi connectivity index (χ3v) is 5.05. The highest BCUT2D eigenvalue weighted by Gasteiger charge is 2.41. The average Bonchev–Trinajstić information content (AvgIpc) is 2.58. The van der Waals surface area contributed by atoms with E-state index in [2.05, 4.69) is 20.9 Å². The van der Waals surface area contributed by atoms with Crippen molar-refractivity contribution in [2.45, 2.75) is 51.1 Å². The van der Waals surface area contributed by atoms with Gasteiger partial charge >= 0.3 is 12.3 Å². The number of fused-ring (bicyclic) bond motifs is 1. The summed E-state index contributed by atoms with van der Waals surface area (Å²) >= 11 is 3.06. The van der Waals surface area contributed by atoms with Gasteiger partial charge in [-0.05, 0) is 55.3 Å². The molecular weight excluding hydrogens is 443 g/mol. The predicted octanol–water partition coefficient (Wildman–Crippen LogP) is 4.08. The highest BCUT2D eigenvalue weighted by Crippen LogP contribution is 2.34. The Labute approximate surface area is 170 Å². The Morgan fingerprint density at radius 3 is 2.64 bits per heavy atom. The van der Waals surface area contributed by atoms with Crippen molar-refractivity contribution in [2.75, 3.05) is 31.1 Å². The molecular formula is C18H23BrF3N3O3. The number of aromatic nitrogens is 1. The van der Waals surface area contributed by atoms with Crippen LogP contribution in [-0.2, 0) is 15.7 Å². The van der Waals surface area contributed by atoms with Crippen LogP contribution in [-0.4, -0.2) is 60.0 Å². The van der Waals surface area contributed by atoms with Crippen LogP contribution in [0, 0.1) is 0 Å². The molecule has 28 heavy (non-hydrogen) atoms. The molecule has 2 unspecified atom stereocenters. The van der Waals surface area contributed by atoms with E-state index in [1.54, 1.807) is 30.6 Å². The summed E-state index contributed by atoms with van der Waals surface area (Å²) in [7, 11) is 0. The van der Waals surface area contributed by atoms with Gasteiger partial charge in [0.1, 0.15) is 16.0 Å². The van der Waals surface area contributed by atoms with Gasteiger partial charge in [0.05, 0.1) is 24.3 Å². The maximum atomic E-state index is 13.2. The first-order valence-electron chi connectivity index (χ1n) is 9.05. The van der Waals surface area contributed by atoms with Gasteiger partial charge in [0, 0.05) is 19.6 Å². The van der Waals surface area contributed by atoms with Crippen LogP contribution < -0.4 is 4.90 Å². The first kappa shape index (κ1) is 21.2. The Kier molecular flexibility index (Phi) is 5.82. The van der Waals surface area contributed by atoms with Gasteiger partial charge in [0.2, 0.25) is 0 Å². The fourth-order valence-electron chi connectivity index (χ4n) is 3.44.